The molecule has 0 radical (unpaired) electrons. The summed E-state index contributed by atoms with van der Waals surface area (Å²) in [6, 6.07) is 5.54. The lowest BCUT2D eigenvalue weighted by Gasteiger charge is -2.22. The number of aliphatic hydroxyl groups excluding tert-OH is 1. The lowest BCUT2D eigenvalue weighted by Crippen LogP contribution is -2.28. The Labute approximate surface area is 115 Å². The summed E-state index contributed by atoms with van der Waals surface area (Å²) in [4.78, 5) is 13.3. The molecule has 0 spiro atoms. The number of unbranched alkanes of at least 4 members (excludes halogenated alkanes) is 1. The fourth-order valence-electron chi connectivity index (χ4n) is 2.06. The van der Waals surface area contributed by atoms with Gasteiger partial charge in [0.25, 0.3) is 0 Å². The normalized spacial score (nSPS) is 10.9. The molecular weight excluding hydrogens is 240 g/mol. The molecule has 0 atom stereocenters. The molecule has 1 aromatic rings. The van der Waals surface area contributed by atoms with Gasteiger partial charge in [-0.05, 0) is 43.1 Å². The molecule has 0 fully saturated rings. The molecule has 0 aromatic heterocycles. The number of amides is 1. The van der Waals surface area contributed by atoms with E-state index in [-0.39, 0.29) is 6.61 Å². The van der Waals surface area contributed by atoms with E-state index in [4.69, 9.17) is 10.8 Å². The highest BCUT2D eigenvalue weighted by Crippen LogP contribution is 2.14. The number of aliphatic hydroxyl groups is 1. The number of primary amides is 1. The van der Waals surface area contributed by atoms with Crippen molar-refractivity contribution in [3.8, 4) is 0 Å². The maximum Gasteiger partial charge on any atom is 0.248 e. The van der Waals surface area contributed by atoms with Gasteiger partial charge in [0.15, 0.2) is 0 Å². The summed E-state index contributed by atoms with van der Waals surface area (Å²) in [6.07, 6.45) is 2.26. The van der Waals surface area contributed by atoms with E-state index in [0.29, 0.717) is 12.1 Å². The van der Waals surface area contributed by atoms with Crippen molar-refractivity contribution >= 4 is 5.91 Å². The molecule has 0 heterocycles. The minimum absolute atomic E-state index is 0.169. The number of benzene rings is 1. The van der Waals surface area contributed by atoms with Gasteiger partial charge in [-0.1, -0.05) is 19.4 Å². The Morgan fingerprint density at radius 3 is 2.63 bits per heavy atom. The van der Waals surface area contributed by atoms with E-state index in [9.17, 15) is 4.79 Å². The van der Waals surface area contributed by atoms with E-state index in [1.54, 1.807) is 6.07 Å². The van der Waals surface area contributed by atoms with Crippen molar-refractivity contribution in [3.05, 3.63) is 34.9 Å². The Hall–Kier alpha value is -1.39. The van der Waals surface area contributed by atoms with Crippen LogP contribution in [-0.4, -0.2) is 35.6 Å². The van der Waals surface area contributed by atoms with Crippen LogP contribution in [0.2, 0.25) is 0 Å². The van der Waals surface area contributed by atoms with Gasteiger partial charge in [0.1, 0.15) is 0 Å². The predicted octanol–water partition coefficient (Wildman–Crippen LogP) is 1.69. The van der Waals surface area contributed by atoms with Crippen molar-refractivity contribution in [2.45, 2.75) is 33.2 Å². The van der Waals surface area contributed by atoms with Crippen LogP contribution in [0.3, 0.4) is 0 Å². The minimum atomic E-state index is -0.396. The zero-order valence-electron chi connectivity index (χ0n) is 11.9. The third kappa shape index (κ3) is 5.01. The standard InChI is InChI=1S/C15H24N2O2/c1-3-4-7-17(8-9-18)11-14-6-5-13(15(16)19)10-12(14)2/h5-6,10,18H,3-4,7-9,11H2,1-2H3,(H2,16,19). The first kappa shape index (κ1) is 15.7. The van der Waals surface area contributed by atoms with Crippen LogP contribution in [0.1, 0.15) is 41.3 Å². The Bertz CT molecular complexity index is 419. The van der Waals surface area contributed by atoms with E-state index < -0.39 is 5.91 Å². The van der Waals surface area contributed by atoms with Gasteiger partial charge in [-0.3, -0.25) is 9.69 Å². The molecule has 1 amide bonds. The van der Waals surface area contributed by atoms with Gasteiger partial charge in [-0.15, -0.1) is 0 Å². The van der Waals surface area contributed by atoms with Gasteiger partial charge >= 0.3 is 0 Å². The molecule has 0 aliphatic heterocycles. The second-order valence-corrected chi connectivity index (χ2v) is 4.86. The Balaban J connectivity index is 2.75. The molecule has 106 valence electrons. The van der Waals surface area contributed by atoms with Gasteiger partial charge in [0, 0.05) is 18.7 Å². The Morgan fingerprint density at radius 1 is 1.37 bits per heavy atom. The summed E-state index contributed by atoms with van der Waals surface area (Å²) in [6.45, 7) is 6.77. The summed E-state index contributed by atoms with van der Waals surface area (Å²) in [5, 5.41) is 9.10. The average molecular weight is 264 g/mol. The molecule has 1 rings (SSSR count). The highest BCUT2D eigenvalue weighted by Gasteiger charge is 2.09. The Kier molecular flexibility index (Phi) is 6.53. The quantitative estimate of drug-likeness (QED) is 0.751. The number of hydrogen-bond acceptors (Lipinski definition) is 3. The molecule has 0 saturated carbocycles. The van der Waals surface area contributed by atoms with Crippen molar-refractivity contribution in [1.29, 1.82) is 0 Å². The van der Waals surface area contributed by atoms with Crippen molar-refractivity contribution in [3.63, 3.8) is 0 Å². The van der Waals surface area contributed by atoms with Gasteiger partial charge < -0.3 is 10.8 Å². The number of nitrogens with zero attached hydrogens (tertiary/aromatic N) is 1. The molecule has 0 saturated heterocycles. The largest absolute Gasteiger partial charge is 0.395 e. The first-order chi connectivity index (χ1) is 9.08. The number of aryl methyl sites for hydroxylation is 1. The molecule has 0 bridgehead atoms. The van der Waals surface area contributed by atoms with Crippen LogP contribution < -0.4 is 5.73 Å². The Morgan fingerprint density at radius 2 is 2.11 bits per heavy atom. The number of rotatable bonds is 8. The smallest absolute Gasteiger partial charge is 0.248 e. The lowest BCUT2D eigenvalue weighted by atomic mass is 10.0. The number of hydrogen-bond donors (Lipinski definition) is 2. The van der Waals surface area contributed by atoms with E-state index >= 15 is 0 Å². The second-order valence-electron chi connectivity index (χ2n) is 4.86. The predicted molar refractivity (Wildman–Crippen MR) is 77.0 cm³/mol. The number of nitrogens with two attached hydrogens (primary N) is 1. The topological polar surface area (TPSA) is 66.6 Å². The highest BCUT2D eigenvalue weighted by molar-refractivity contribution is 5.93. The van der Waals surface area contributed by atoms with Crippen LogP contribution >= 0.6 is 0 Å². The van der Waals surface area contributed by atoms with E-state index in [1.165, 1.54) is 5.56 Å². The molecule has 4 heteroatoms. The van der Waals surface area contributed by atoms with Crippen LogP contribution in [0.5, 0.6) is 0 Å². The molecule has 3 N–H and O–H groups in total. The van der Waals surface area contributed by atoms with E-state index in [1.807, 2.05) is 19.1 Å². The van der Waals surface area contributed by atoms with Crippen molar-refractivity contribution in [2.24, 2.45) is 5.73 Å². The molecular formula is C15H24N2O2. The highest BCUT2D eigenvalue weighted by atomic mass is 16.3. The third-order valence-electron chi connectivity index (χ3n) is 3.27. The molecule has 0 aliphatic carbocycles. The van der Waals surface area contributed by atoms with E-state index in [2.05, 4.69) is 11.8 Å². The lowest BCUT2D eigenvalue weighted by molar-refractivity contribution is 0.1000. The molecule has 0 aliphatic rings. The van der Waals surface area contributed by atoms with E-state index in [0.717, 1.165) is 31.5 Å². The van der Waals surface area contributed by atoms with Crippen molar-refractivity contribution in [1.82, 2.24) is 4.90 Å². The summed E-state index contributed by atoms with van der Waals surface area (Å²) in [5.41, 5.74) is 8.05. The van der Waals surface area contributed by atoms with Crippen LogP contribution in [0, 0.1) is 6.92 Å². The third-order valence-corrected chi connectivity index (χ3v) is 3.27. The number of carbonyl (C=O) groups is 1. The molecule has 1 aromatic carbocycles. The first-order valence-corrected chi connectivity index (χ1v) is 6.81. The summed E-state index contributed by atoms with van der Waals surface area (Å²) in [5.74, 6) is -0.396. The van der Waals surface area contributed by atoms with Gasteiger partial charge in [0.05, 0.1) is 6.61 Å². The van der Waals surface area contributed by atoms with Gasteiger partial charge in [0.2, 0.25) is 5.91 Å². The number of carbonyl (C=O) groups excluding carboxylic acids is 1. The summed E-state index contributed by atoms with van der Waals surface area (Å²) in [7, 11) is 0. The van der Waals surface area contributed by atoms with Gasteiger partial charge in [-0.25, -0.2) is 0 Å². The summed E-state index contributed by atoms with van der Waals surface area (Å²) >= 11 is 0. The average Bonchev–Trinajstić information content (AvgIpc) is 2.38. The first-order valence-electron chi connectivity index (χ1n) is 6.81. The zero-order chi connectivity index (χ0) is 14.3. The fourth-order valence-corrected chi connectivity index (χ4v) is 2.06. The van der Waals surface area contributed by atoms with Crippen molar-refractivity contribution < 1.29 is 9.90 Å². The maximum atomic E-state index is 11.1. The zero-order valence-corrected chi connectivity index (χ0v) is 11.9. The molecule has 4 nitrogen and oxygen atoms in total. The molecule has 0 unspecified atom stereocenters. The van der Waals surface area contributed by atoms with Crippen LogP contribution in [0.15, 0.2) is 18.2 Å². The van der Waals surface area contributed by atoms with Crippen molar-refractivity contribution in [2.75, 3.05) is 19.7 Å². The minimum Gasteiger partial charge on any atom is -0.395 e. The van der Waals surface area contributed by atoms with Crippen LogP contribution in [0.25, 0.3) is 0 Å². The van der Waals surface area contributed by atoms with Crippen LogP contribution in [-0.2, 0) is 6.54 Å². The monoisotopic (exact) mass is 264 g/mol. The maximum absolute atomic E-state index is 11.1. The fraction of sp³-hybridized carbons (Fsp3) is 0.533. The SMILES string of the molecule is CCCCN(CCO)Cc1ccc(C(N)=O)cc1C. The molecule has 19 heavy (non-hydrogen) atoms. The van der Waals surface area contributed by atoms with Crippen LogP contribution in [0.4, 0.5) is 0 Å². The van der Waals surface area contributed by atoms with Gasteiger partial charge in [-0.2, -0.15) is 0 Å². The summed E-state index contributed by atoms with van der Waals surface area (Å²) < 4.78 is 0. The second kappa shape index (κ2) is 7.92.